The lowest BCUT2D eigenvalue weighted by Gasteiger charge is -2.35. The van der Waals surface area contributed by atoms with Crippen LogP contribution in [0.4, 0.5) is 10.7 Å². The predicted octanol–water partition coefficient (Wildman–Crippen LogP) is 2.95. The third-order valence-corrected chi connectivity index (χ3v) is 5.35. The normalized spacial score (nSPS) is 22.9. The van der Waals surface area contributed by atoms with Crippen molar-refractivity contribution >= 4 is 27.9 Å². The maximum atomic E-state index is 12.0. The van der Waals surface area contributed by atoms with Crippen LogP contribution in [0.25, 0.3) is 0 Å². The number of nitrogens with one attached hydrogen (secondary N) is 1. The van der Waals surface area contributed by atoms with E-state index in [4.69, 9.17) is 5.73 Å². The molecule has 0 bridgehead atoms. The second kappa shape index (κ2) is 6.48. The quantitative estimate of drug-likeness (QED) is 0.898. The van der Waals surface area contributed by atoms with Crippen molar-refractivity contribution in [3.8, 4) is 0 Å². The summed E-state index contributed by atoms with van der Waals surface area (Å²) in [6.45, 7) is 9.46. The third-order valence-electron chi connectivity index (χ3n) is 4.14. The minimum atomic E-state index is -0.0426. The van der Waals surface area contributed by atoms with Gasteiger partial charge < -0.3 is 16.0 Å². The lowest BCUT2D eigenvalue weighted by molar-refractivity contribution is 0.0958. The molecule has 0 radical (unpaired) electrons. The second-order valence-corrected chi connectivity index (χ2v) is 6.84. The monoisotopic (exact) mass is 295 g/mol. The molecule has 0 aliphatic carbocycles. The number of hydrogen-bond donors (Lipinski definition) is 2. The highest BCUT2D eigenvalue weighted by Gasteiger charge is 2.25. The van der Waals surface area contributed by atoms with Gasteiger partial charge in [-0.05, 0) is 30.7 Å². The Hall–Kier alpha value is -1.23. The Morgan fingerprint density at radius 3 is 2.90 bits per heavy atom. The van der Waals surface area contributed by atoms with E-state index in [0.29, 0.717) is 23.0 Å². The number of rotatable bonds is 4. The van der Waals surface area contributed by atoms with Crippen LogP contribution in [0.1, 0.15) is 43.3 Å². The van der Waals surface area contributed by atoms with Crippen LogP contribution < -0.4 is 16.0 Å². The van der Waals surface area contributed by atoms with Crippen LogP contribution >= 0.6 is 11.3 Å². The smallest absolute Gasteiger partial charge is 0.263 e. The van der Waals surface area contributed by atoms with Gasteiger partial charge in [0.2, 0.25) is 0 Å². The Bertz CT molecular complexity index is 472. The van der Waals surface area contributed by atoms with E-state index in [1.807, 2.05) is 13.0 Å². The van der Waals surface area contributed by atoms with E-state index in [9.17, 15) is 4.79 Å². The molecular weight excluding hydrogens is 270 g/mol. The second-order valence-electron chi connectivity index (χ2n) is 5.81. The molecule has 2 rings (SSSR count). The van der Waals surface area contributed by atoms with Crippen LogP contribution in [-0.2, 0) is 0 Å². The summed E-state index contributed by atoms with van der Waals surface area (Å²) < 4.78 is 0. The highest BCUT2D eigenvalue weighted by atomic mass is 32.1. The fraction of sp³-hybridized carbons (Fsp3) is 0.667. The van der Waals surface area contributed by atoms with E-state index in [0.717, 1.165) is 30.4 Å². The molecule has 112 valence electrons. The van der Waals surface area contributed by atoms with Gasteiger partial charge in [-0.1, -0.05) is 20.8 Å². The molecule has 2 atom stereocenters. The van der Waals surface area contributed by atoms with Gasteiger partial charge in [0.25, 0.3) is 5.91 Å². The van der Waals surface area contributed by atoms with Gasteiger partial charge in [0, 0.05) is 19.6 Å². The summed E-state index contributed by atoms with van der Waals surface area (Å²) in [5.74, 6) is 1.42. The fourth-order valence-corrected chi connectivity index (χ4v) is 3.54. The van der Waals surface area contributed by atoms with Gasteiger partial charge in [0.05, 0.1) is 10.7 Å². The fourth-order valence-electron chi connectivity index (χ4n) is 2.51. The first-order valence-electron chi connectivity index (χ1n) is 7.45. The first-order chi connectivity index (χ1) is 9.52. The van der Waals surface area contributed by atoms with Gasteiger partial charge in [-0.15, -0.1) is 11.3 Å². The average molecular weight is 295 g/mol. The molecule has 1 aromatic rings. The van der Waals surface area contributed by atoms with Gasteiger partial charge in [-0.2, -0.15) is 0 Å². The highest BCUT2D eigenvalue weighted by Crippen LogP contribution is 2.35. The topological polar surface area (TPSA) is 58.4 Å². The van der Waals surface area contributed by atoms with Crippen LogP contribution in [0.2, 0.25) is 0 Å². The van der Waals surface area contributed by atoms with Crippen molar-refractivity contribution in [3.63, 3.8) is 0 Å². The number of nitrogens with zero attached hydrogens (tertiary/aromatic N) is 1. The van der Waals surface area contributed by atoms with Crippen molar-refractivity contribution in [2.45, 2.75) is 33.6 Å². The minimum absolute atomic E-state index is 0.0426. The zero-order valence-corrected chi connectivity index (χ0v) is 13.4. The third kappa shape index (κ3) is 3.26. The molecule has 1 aliphatic heterocycles. The molecular formula is C15H25N3OS. The molecule has 4 nitrogen and oxygen atoms in total. The number of carbonyl (C=O) groups is 1. The maximum Gasteiger partial charge on any atom is 0.263 e. The Balaban J connectivity index is 2.09. The van der Waals surface area contributed by atoms with Crippen LogP contribution in [0.3, 0.4) is 0 Å². The zero-order valence-electron chi connectivity index (χ0n) is 12.6. The summed E-state index contributed by atoms with van der Waals surface area (Å²) in [4.78, 5) is 15.1. The van der Waals surface area contributed by atoms with Crippen molar-refractivity contribution in [1.82, 2.24) is 5.32 Å². The van der Waals surface area contributed by atoms with Crippen LogP contribution in [0.15, 0.2) is 6.07 Å². The van der Waals surface area contributed by atoms with Gasteiger partial charge >= 0.3 is 0 Å². The van der Waals surface area contributed by atoms with Crippen molar-refractivity contribution in [2.75, 3.05) is 30.3 Å². The minimum Gasteiger partial charge on any atom is -0.397 e. The number of piperidine rings is 1. The van der Waals surface area contributed by atoms with E-state index in [1.54, 1.807) is 0 Å². The van der Waals surface area contributed by atoms with Crippen LogP contribution in [0.5, 0.6) is 0 Å². The van der Waals surface area contributed by atoms with Crippen LogP contribution in [-0.4, -0.2) is 25.5 Å². The van der Waals surface area contributed by atoms with Gasteiger partial charge in [-0.25, -0.2) is 0 Å². The van der Waals surface area contributed by atoms with E-state index >= 15 is 0 Å². The standard InChI is InChI=1S/C15H25N3OS/c1-4-6-17-15(19)14-12(16)8-13(20-14)18-7-5-10(2)11(3)9-18/h8,10-11H,4-7,9,16H2,1-3H3,(H,17,19). The van der Waals surface area contributed by atoms with E-state index in [-0.39, 0.29) is 5.91 Å². The number of carbonyl (C=O) groups excluding carboxylic acids is 1. The molecule has 0 saturated carbocycles. The maximum absolute atomic E-state index is 12.0. The molecule has 2 heterocycles. The molecule has 1 saturated heterocycles. The Morgan fingerprint density at radius 2 is 2.25 bits per heavy atom. The van der Waals surface area contributed by atoms with E-state index in [1.165, 1.54) is 17.8 Å². The first-order valence-corrected chi connectivity index (χ1v) is 8.27. The van der Waals surface area contributed by atoms with E-state index in [2.05, 4.69) is 24.1 Å². The molecule has 1 fully saturated rings. The van der Waals surface area contributed by atoms with Gasteiger partial charge in [-0.3, -0.25) is 4.79 Å². The number of nitrogens with two attached hydrogens (primary N) is 1. The highest BCUT2D eigenvalue weighted by molar-refractivity contribution is 7.18. The molecule has 5 heteroatoms. The van der Waals surface area contributed by atoms with Crippen molar-refractivity contribution < 1.29 is 4.79 Å². The Morgan fingerprint density at radius 1 is 1.50 bits per heavy atom. The van der Waals surface area contributed by atoms with Gasteiger partial charge in [0.15, 0.2) is 0 Å². The molecule has 2 unspecified atom stereocenters. The SMILES string of the molecule is CCCNC(=O)c1sc(N2CCC(C)C(C)C2)cc1N. The summed E-state index contributed by atoms with van der Waals surface area (Å²) >= 11 is 1.52. The van der Waals surface area contributed by atoms with Gasteiger partial charge in [0.1, 0.15) is 4.88 Å². The molecule has 3 N–H and O–H groups in total. The van der Waals surface area contributed by atoms with Crippen LogP contribution in [0, 0.1) is 11.8 Å². The lowest BCUT2D eigenvalue weighted by atomic mass is 9.89. The molecule has 20 heavy (non-hydrogen) atoms. The average Bonchev–Trinajstić information content (AvgIpc) is 2.81. The molecule has 0 spiro atoms. The molecule has 1 amide bonds. The molecule has 1 aromatic heterocycles. The van der Waals surface area contributed by atoms with Crippen molar-refractivity contribution in [2.24, 2.45) is 11.8 Å². The number of hydrogen-bond acceptors (Lipinski definition) is 4. The summed E-state index contributed by atoms with van der Waals surface area (Å²) in [6, 6.07) is 1.95. The molecule has 1 aliphatic rings. The van der Waals surface area contributed by atoms with E-state index < -0.39 is 0 Å². The number of nitrogen functional groups attached to an aromatic ring is 1. The van der Waals surface area contributed by atoms with Crippen molar-refractivity contribution in [3.05, 3.63) is 10.9 Å². The largest absolute Gasteiger partial charge is 0.397 e. The Kier molecular flexibility index (Phi) is 4.91. The zero-order chi connectivity index (χ0) is 14.7. The summed E-state index contributed by atoms with van der Waals surface area (Å²) in [7, 11) is 0. The first kappa shape index (κ1) is 15.2. The number of amides is 1. The lowest BCUT2D eigenvalue weighted by Crippen LogP contribution is -2.37. The van der Waals surface area contributed by atoms with Crippen molar-refractivity contribution in [1.29, 1.82) is 0 Å². The summed E-state index contributed by atoms with van der Waals surface area (Å²) in [5.41, 5.74) is 6.61. The number of thiophene rings is 1. The number of anilines is 2. The molecule has 0 aromatic carbocycles. The summed E-state index contributed by atoms with van der Waals surface area (Å²) in [5, 5.41) is 4.02. The Labute approximate surface area is 125 Å². The predicted molar refractivity (Wildman–Crippen MR) is 86.5 cm³/mol. The summed E-state index contributed by atoms with van der Waals surface area (Å²) in [6.07, 6.45) is 2.14.